The molecule has 0 saturated heterocycles. The first-order valence-electron chi connectivity index (χ1n) is 10.6. The number of hydrogen-bond acceptors (Lipinski definition) is 4. The number of aromatic nitrogens is 1. The summed E-state index contributed by atoms with van der Waals surface area (Å²) in [6.07, 6.45) is 1.39. The van der Waals surface area contributed by atoms with E-state index in [1.807, 2.05) is 61.9 Å². The van der Waals surface area contributed by atoms with E-state index in [-0.39, 0.29) is 30.9 Å². The van der Waals surface area contributed by atoms with E-state index in [2.05, 4.69) is 23.5 Å². The Morgan fingerprint density at radius 3 is 2.66 bits per heavy atom. The van der Waals surface area contributed by atoms with Crippen molar-refractivity contribution in [3.05, 3.63) is 65.6 Å². The van der Waals surface area contributed by atoms with Crippen LogP contribution < -0.4 is 11.1 Å². The standard InChI is InChI=1S/C25H31FN4OS/c1-16(2)28-25(31)19-9-10-23-22(14-19)24(17(3)30(23)15-20(26)11-12-27)18-7-6-8-21(13-18)32-29(4)5/h6-11,13-14,16H,12,15,27H2,1-5H3,(H,28,31)/b20-11-. The molecule has 0 aliphatic heterocycles. The molecule has 0 aliphatic rings. The predicted octanol–water partition coefficient (Wildman–Crippen LogP) is 5.14. The molecule has 3 aromatic rings. The number of rotatable bonds is 8. The summed E-state index contributed by atoms with van der Waals surface area (Å²) in [6.45, 7) is 6.11. The molecule has 2 aromatic carbocycles. The summed E-state index contributed by atoms with van der Waals surface area (Å²) in [5, 5.41) is 3.87. The van der Waals surface area contributed by atoms with Crippen molar-refractivity contribution in [2.24, 2.45) is 5.73 Å². The molecule has 0 radical (unpaired) electrons. The first-order chi connectivity index (χ1) is 15.2. The minimum atomic E-state index is -0.280. The lowest BCUT2D eigenvalue weighted by molar-refractivity contribution is 0.0943. The van der Waals surface area contributed by atoms with Gasteiger partial charge in [0.05, 0.1) is 6.54 Å². The SMILES string of the molecule is Cc1c(-c2cccc(SN(C)C)c2)c2cc(C(=O)NC(C)C)ccc2n1C/C(F)=C/CN. The summed E-state index contributed by atoms with van der Waals surface area (Å²) < 4.78 is 18.4. The van der Waals surface area contributed by atoms with Gasteiger partial charge in [-0.25, -0.2) is 4.39 Å². The number of benzene rings is 2. The summed E-state index contributed by atoms with van der Waals surface area (Å²) in [5.41, 5.74) is 9.94. The molecule has 7 heteroatoms. The molecule has 0 bridgehead atoms. The average molecular weight is 455 g/mol. The molecule has 0 saturated carbocycles. The highest BCUT2D eigenvalue weighted by Gasteiger charge is 2.19. The molecule has 0 aliphatic carbocycles. The second-order valence-electron chi connectivity index (χ2n) is 8.22. The van der Waals surface area contributed by atoms with Crippen molar-refractivity contribution in [3.8, 4) is 11.1 Å². The minimum absolute atomic E-state index is 0.0410. The van der Waals surface area contributed by atoms with Crippen LogP contribution in [-0.2, 0) is 6.54 Å². The zero-order valence-electron chi connectivity index (χ0n) is 19.3. The van der Waals surface area contributed by atoms with Crippen molar-refractivity contribution in [3.63, 3.8) is 0 Å². The lowest BCUT2D eigenvalue weighted by Gasteiger charge is -2.11. The Morgan fingerprint density at radius 2 is 2.00 bits per heavy atom. The lowest BCUT2D eigenvalue weighted by Crippen LogP contribution is -2.29. The van der Waals surface area contributed by atoms with Crippen LogP contribution in [-0.4, -0.2) is 41.5 Å². The highest BCUT2D eigenvalue weighted by atomic mass is 32.2. The number of carbonyl (C=O) groups excluding carboxylic acids is 1. The smallest absolute Gasteiger partial charge is 0.251 e. The monoisotopic (exact) mass is 454 g/mol. The van der Waals surface area contributed by atoms with E-state index in [9.17, 15) is 9.18 Å². The fraction of sp³-hybridized carbons (Fsp3) is 0.320. The summed E-state index contributed by atoms with van der Waals surface area (Å²) >= 11 is 1.64. The number of hydrogen-bond donors (Lipinski definition) is 2. The number of nitrogens with one attached hydrogen (secondary N) is 1. The molecular weight excluding hydrogens is 423 g/mol. The van der Waals surface area contributed by atoms with E-state index in [0.717, 1.165) is 32.6 Å². The number of fused-ring (bicyclic) bond motifs is 1. The summed E-state index contributed by atoms with van der Waals surface area (Å²) in [4.78, 5) is 13.8. The molecule has 170 valence electrons. The highest BCUT2D eigenvalue weighted by molar-refractivity contribution is 7.97. The number of allylic oxidation sites excluding steroid dienone is 1. The molecule has 0 atom stereocenters. The van der Waals surface area contributed by atoms with Crippen molar-refractivity contribution in [1.82, 2.24) is 14.2 Å². The number of carbonyl (C=O) groups is 1. The fourth-order valence-electron chi connectivity index (χ4n) is 3.80. The maximum Gasteiger partial charge on any atom is 0.251 e. The second-order valence-corrected chi connectivity index (χ2v) is 9.61. The largest absolute Gasteiger partial charge is 0.350 e. The zero-order chi connectivity index (χ0) is 23.4. The van der Waals surface area contributed by atoms with E-state index in [1.54, 1.807) is 18.0 Å². The van der Waals surface area contributed by atoms with Crippen LogP contribution in [0.5, 0.6) is 0 Å². The van der Waals surface area contributed by atoms with Crippen LogP contribution in [0.2, 0.25) is 0 Å². The van der Waals surface area contributed by atoms with Crippen molar-refractivity contribution in [1.29, 1.82) is 0 Å². The molecule has 5 nitrogen and oxygen atoms in total. The fourth-order valence-corrected chi connectivity index (χ4v) is 4.54. The topological polar surface area (TPSA) is 63.3 Å². The van der Waals surface area contributed by atoms with Gasteiger partial charge in [0.2, 0.25) is 0 Å². The summed E-state index contributed by atoms with van der Waals surface area (Å²) in [6, 6.07) is 13.9. The number of nitrogens with zero attached hydrogens (tertiary/aromatic N) is 2. The molecule has 3 rings (SSSR count). The molecular formula is C25H31FN4OS. The van der Waals surface area contributed by atoms with Gasteiger partial charge in [-0.05, 0) is 88.8 Å². The van der Waals surface area contributed by atoms with E-state index in [1.165, 1.54) is 6.08 Å². The lowest BCUT2D eigenvalue weighted by atomic mass is 10.0. The Bertz CT molecular complexity index is 1150. The van der Waals surface area contributed by atoms with Gasteiger partial charge in [-0.1, -0.05) is 12.1 Å². The number of amides is 1. The van der Waals surface area contributed by atoms with E-state index in [0.29, 0.717) is 5.56 Å². The molecule has 0 spiro atoms. The second kappa shape index (κ2) is 10.3. The van der Waals surface area contributed by atoms with Gasteiger partial charge in [-0.3, -0.25) is 9.10 Å². The van der Waals surface area contributed by atoms with Crippen LogP contribution in [0.4, 0.5) is 4.39 Å². The Kier molecular flexibility index (Phi) is 7.77. The van der Waals surface area contributed by atoms with Gasteiger partial charge < -0.3 is 15.6 Å². The maximum atomic E-state index is 14.5. The van der Waals surface area contributed by atoms with Gasteiger partial charge >= 0.3 is 0 Å². The maximum absolute atomic E-state index is 14.5. The molecule has 0 fully saturated rings. The molecule has 0 unspecified atom stereocenters. The van der Waals surface area contributed by atoms with Crippen molar-refractivity contribution >= 4 is 28.8 Å². The Balaban J connectivity index is 2.21. The van der Waals surface area contributed by atoms with E-state index >= 15 is 0 Å². The zero-order valence-corrected chi connectivity index (χ0v) is 20.1. The molecule has 32 heavy (non-hydrogen) atoms. The van der Waals surface area contributed by atoms with Crippen molar-refractivity contribution in [2.45, 2.75) is 38.3 Å². The van der Waals surface area contributed by atoms with Crippen LogP contribution in [0.3, 0.4) is 0 Å². The third kappa shape index (κ3) is 5.41. The van der Waals surface area contributed by atoms with E-state index < -0.39 is 0 Å². The van der Waals surface area contributed by atoms with Crippen molar-refractivity contribution in [2.75, 3.05) is 20.6 Å². The van der Waals surface area contributed by atoms with Crippen LogP contribution in [0.15, 0.2) is 59.3 Å². The Hall–Kier alpha value is -2.61. The first-order valence-corrected chi connectivity index (χ1v) is 11.4. The Morgan fingerprint density at radius 1 is 1.25 bits per heavy atom. The molecule has 1 amide bonds. The van der Waals surface area contributed by atoms with Gasteiger partial charge in [-0.15, -0.1) is 0 Å². The van der Waals surface area contributed by atoms with Crippen LogP contribution in [0.25, 0.3) is 22.0 Å². The molecule has 3 N–H and O–H groups in total. The quantitative estimate of drug-likeness (QED) is 0.463. The van der Waals surface area contributed by atoms with E-state index in [4.69, 9.17) is 5.73 Å². The van der Waals surface area contributed by atoms with Crippen molar-refractivity contribution < 1.29 is 9.18 Å². The van der Waals surface area contributed by atoms with Gasteiger partial charge in [0.25, 0.3) is 5.91 Å². The van der Waals surface area contributed by atoms with Gasteiger partial charge in [0.15, 0.2) is 0 Å². The summed E-state index contributed by atoms with van der Waals surface area (Å²) in [7, 11) is 4.00. The average Bonchev–Trinajstić information content (AvgIpc) is 2.98. The molecule has 1 aromatic heterocycles. The predicted molar refractivity (Wildman–Crippen MR) is 133 cm³/mol. The normalized spacial score (nSPS) is 12.2. The van der Waals surface area contributed by atoms with Gasteiger partial charge in [-0.2, -0.15) is 0 Å². The number of halogens is 1. The van der Waals surface area contributed by atoms with Crippen LogP contribution >= 0.6 is 11.9 Å². The third-order valence-electron chi connectivity index (χ3n) is 5.06. The Labute approximate surface area is 193 Å². The summed E-state index contributed by atoms with van der Waals surface area (Å²) in [5.74, 6) is -0.401. The van der Waals surface area contributed by atoms with Crippen LogP contribution in [0.1, 0.15) is 29.9 Å². The number of nitrogens with two attached hydrogens (primary N) is 1. The van der Waals surface area contributed by atoms with Crippen LogP contribution in [0, 0.1) is 6.92 Å². The van der Waals surface area contributed by atoms with Gasteiger partial charge in [0.1, 0.15) is 5.83 Å². The van der Waals surface area contributed by atoms with Gasteiger partial charge in [0, 0.05) is 45.2 Å². The third-order valence-corrected chi connectivity index (χ3v) is 5.89. The molecule has 1 heterocycles. The first kappa shape index (κ1) is 24.0. The minimum Gasteiger partial charge on any atom is -0.350 e. The highest BCUT2D eigenvalue weighted by Crippen LogP contribution is 2.37.